The molecule has 0 radical (unpaired) electrons. The molecule has 1 aliphatic heterocycles. The maximum absolute atomic E-state index is 13.4. The molecule has 0 aliphatic carbocycles. The van der Waals surface area contributed by atoms with Gasteiger partial charge in [-0.3, -0.25) is 14.4 Å². The van der Waals surface area contributed by atoms with Crippen LogP contribution in [-0.2, 0) is 24.5 Å². The highest BCUT2D eigenvalue weighted by Crippen LogP contribution is 2.37. The second-order valence-corrected chi connectivity index (χ2v) is 8.87. The van der Waals surface area contributed by atoms with Crippen molar-refractivity contribution in [1.29, 1.82) is 0 Å². The fourth-order valence-electron chi connectivity index (χ4n) is 3.14. The van der Waals surface area contributed by atoms with Gasteiger partial charge in [0, 0.05) is 18.1 Å². The number of amides is 2. The molecule has 1 aromatic carbocycles. The third-order valence-electron chi connectivity index (χ3n) is 4.51. The number of hydrogen-bond donors (Lipinski definition) is 0. The summed E-state index contributed by atoms with van der Waals surface area (Å²) in [6.07, 6.45) is 1.32. The first-order chi connectivity index (χ1) is 13.3. The van der Waals surface area contributed by atoms with Crippen LogP contribution >= 0.6 is 0 Å². The molecule has 6 heteroatoms. The van der Waals surface area contributed by atoms with E-state index in [0.717, 1.165) is 16.5 Å². The van der Waals surface area contributed by atoms with E-state index in [9.17, 15) is 14.4 Å². The van der Waals surface area contributed by atoms with Crippen LogP contribution in [0.5, 0.6) is 5.75 Å². The number of methoxy groups -OCH3 is 1. The molecule has 0 fully saturated rings. The number of hydrogen-bond acceptors (Lipinski definition) is 5. The van der Waals surface area contributed by atoms with Gasteiger partial charge >= 0.3 is 5.91 Å². The molecule has 156 valence electrons. The Morgan fingerprint density at radius 2 is 1.86 bits per heavy atom. The molecule has 0 atom stereocenters. The Labute approximate surface area is 172 Å². The Hall–Kier alpha value is -2.89. The van der Waals surface area contributed by atoms with Crippen LogP contribution in [-0.4, -0.2) is 30.3 Å². The first-order valence-electron chi connectivity index (χ1n) is 9.43. The van der Waals surface area contributed by atoms with E-state index in [4.69, 9.17) is 9.47 Å². The largest absolute Gasteiger partial charge is 0.497 e. The van der Waals surface area contributed by atoms with Crippen LogP contribution in [0.25, 0.3) is 0 Å². The van der Waals surface area contributed by atoms with Crippen LogP contribution in [0.4, 0.5) is 5.69 Å². The number of benzene rings is 1. The number of allylic oxidation sites excluding steroid dienone is 1. The lowest BCUT2D eigenvalue weighted by molar-refractivity contribution is -0.131. The van der Waals surface area contributed by atoms with Crippen LogP contribution < -0.4 is 9.64 Å². The fourth-order valence-corrected chi connectivity index (χ4v) is 3.14. The number of ketones is 1. The van der Waals surface area contributed by atoms with Crippen LogP contribution in [0, 0.1) is 0 Å². The Morgan fingerprint density at radius 1 is 1.24 bits per heavy atom. The van der Waals surface area contributed by atoms with Crippen LogP contribution in [0.2, 0.25) is 0 Å². The molecule has 0 aromatic heterocycles. The van der Waals surface area contributed by atoms with Crippen LogP contribution in [0.15, 0.2) is 42.2 Å². The molecule has 0 spiro atoms. The zero-order valence-electron chi connectivity index (χ0n) is 18.2. The number of carbonyl (C=O) groups is 3. The lowest BCUT2D eigenvalue weighted by Gasteiger charge is -2.33. The summed E-state index contributed by atoms with van der Waals surface area (Å²) >= 11 is 0. The van der Waals surface area contributed by atoms with Gasteiger partial charge in [0.2, 0.25) is 0 Å². The molecule has 2 amide bonds. The van der Waals surface area contributed by atoms with Gasteiger partial charge in [-0.15, -0.1) is 0 Å². The summed E-state index contributed by atoms with van der Waals surface area (Å²) in [6.45, 7) is 14.6. The van der Waals surface area contributed by atoms with E-state index in [-0.39, 0.29) is 23.5 Å². The van der Waals surface area contributed by atoms with Gasteiger partial charge in [0.1, 0.15) is 11.4 Å². The van der Waals surface area contributed by atoms with Crippen LogP contribution in [0.3, 0.4) is 0 Å². The molecule has 0 N–H and O–H groups in total. The summed E-state index contributed by atoms with van der Waals surface area (Å²) in [5.41, 5.74) is 0.102. The maximum atomic E-state index is 13.4. The van der Waals surface area contributed by atoms with Crippen molar-refractivity contribution in [2.75, 3.05) is 12.0 Å². The lowest BCUT2D eigenvalue weighted by atomic mass is 9.85. The van der Waals surface area contributed by atoms with Gasteiger partial charge < -0.3 is 9.47 Å². The van der Waals surface area contributed by atoms with Crippen molar-refractivity contribution >= 4 is 23.3 Å². The van der Waals surface area contributed by atoms with Gasteiger partial charge in [-0.1, -0.05) is 27.4 Å². The molecule has 2 rings (SSSR count). The van der Waals surface area contributed by atoms with Crippen molar-refractivity contribution in [3.05, 3.63) is 47.7 Å². The molecular weight excluding hydrogens is 370 g/mol. The molecule has 6 nitrogen and oxygen atoms in total. The van der Waals surface area contributed by atoms with Gasteiger partial charge in [0.05, 0.1) is 12.8 Å². The van der Waals surface area contributed by atoms with E-state index in [1.165, 1.54) is 6.92 Å². The average molecular weight is 399 g/mol. The Kier molecular flexibility index (Phi) is 6.07. The molecule has 0 saturated heterocycles. The molecular formula is C23H29NO5. The van der Waals surface area contributed by atoms with E-state index in [2.05, 4.69) is 6.58 Å². The Balaban J connectivity index is 2.67. The number of nitrogens with zero attached hydrogens (tertiary/aromatic N) is 1. The minimum Gasteiger partial charge on any atom is -0.497 e. The summed E-state index contributed by atoms with van der Waals surface area (Å²) in [7, 11) is 1.55. The summed E-state index contributed by atoms with van der Waals surface area (Å²) < 4.78 is 11.1. The number of ether oxygens (including phenoxy) is 2. The third kappa shape index (κ3) is 4.94. The topological polar surface area (TPSA) is 72.9 Å². The monoisotopic (exact) mass is 399 g/mol. The van der Waals surface area contributed by atoms with Gasteiger partial charge in [-0.25, -0.2) is 4.90 Å². The molecule has 1 aliphatic rings. The van der Waals surface area contributed by atoms with E-state index in [1.54, 1.807) is 39.2 Å². The van der Waals surface area contributed by atoms with E-state index in [1.807, 2.05) is 20.8 Å². The van der Waals surface area contributed by atoms with Gasteiger partial charge in [0.25, 0.3) is 5.91 Å². The van der Waals surface area contributed by atoms with Crippen LogP contribution in [0.1, 0.15) is 53.5 Å². The predicted octanol–water partition coefficient (Wildman–Crippen LogP) is 4.08. The highest BCUT2D eigenvalue weighted by atomic mass is 16.5. The highest BCUT2D eigenvalue weighted by molar-refractivity contribution is 6.25. The van der Waals surface area contributed by atoms with Crippen molar-refractivity contribution in [1.82, 2.24) is 0 Å². The lowest BCUT2D eigenvalue weighted by Crippen LogP contribution is -2.43. The van der Waals surface area contributed by atoms with E-state index in [0.29, 0.717) is 11.4 Å². The maximum Gasteiger partial charge on any atom is 0.300 e. The van der Waals surface area contributed by atoms with Crippen molar-refractivity contribution in [3.63, 3.8) is 0 Å². The fraction of sp³-hybridized carbons (Fsp3) is 0.435. The molecule has 29 heavy (non-hydrogen) atoms. The summed E-state index contributed by atoms with van der Waals surface area (Å²) in [5, 5.41) is 0. The number of imide groups is 1. The smallest absolute Gasteiger partial charge is 0.300 e. The third-order valence-corrected chi connectivity index (χ3v) is 4.51. The summed E-state index contributed by atoms with van der Waals surface area (Å²) in [6, 6.07) is 5.14. The molecule has 0 saturated carbocycles. The molecule has 1 heterocycles. The zero-order chi connectivity index (χ0) is 22.1. The molecule has 0 bridgehead atoms. The number of rotatable bonds is 4. The predicted molar refractivity (Wildman–Crippen MR) is 112 cm³/mol. The normalized spacial score (nSPS) is 15.8. The zero-order valence-corrected chi connectivity index (χ0v) is 18.2. The number of anilines is 1. The van der Waals surface area contributed by atoms with Crippen molar-refractivity contribution in [2.45, 2.75) is 59.0 Å². The van der Waals surface area contributed by atoms with E-state index >= 15 is 0 Å². The quantitative estimate of drug-likeness (QED) is 0.714. The van der Waals surface area contributed by atoms with Crippen molar-refractivity contribution in [3.8, 4) is 5.75 Å². The van der Waals surface area contributed by atoms with Crippen molar-refractivity contribution in [2.24, 2.45) is 0 Å². The van der Waals surface area contributed by atoms with Gasteiger partial charge in [0.15, 0.2) is 11.5 Å². The van der Waals surface area contributed by atoms with Gasteiger partial charge in [-0.2, -0.15) is 0 Å². The minimum absolute atomic E-state index is 0.156. The van der Waals surface area contributed by atoms with E-state index < -0.39 is 22.8 Å². The van der Waals surface area contributed by atoms with Crippen molar-refractivity contribution < 1.29 is 23.9 Å². The molecule has 1 aromatic rings. The first-order valence-corrected chi connectivity index (χ1v) is 9.43. The van der Waals surface area contributed by atoms with Gasteiger partial charge in [-0.05, 0) is 49.9 Å². The second kappa shape index (κ2) is 7.85. The Morgan fingerprint density at radius 3 is 2.34 bits per heavy atom. The molecule has 0 unspecified atom stereocenters. The highest BCUT2D eigenvalue weighted by Gasteiger charge is 2.37. The standard InChI is InChI=1S/C23H29NO5/c1-14(2)20(26)24(21(27)19-11-15(25)13-23(6,7)29-19)18-10-9-16(28-8)12-17(18)22(3,4)5/h9-12H,1,13H2,2-8H3. The summed E-state index contributed by atoms with van der Waals surface area (Å²) in [4.78, 5) is 39.6. The average Bonchev–Trinajstić information content (AvgIpc) is 2.59. The summed E-state index contributed by atoms with van der Waals surface area (Å²) in [5.74, 6) is -1.03. The number of carbonyl (C=O) groups excluding carboxylic acids is 3. The SMILES string of the molecule is C=C(C)C(=O)N(C(=O)C1=CC(=O)CC(C)(C)O1)c1ccc(OC)cc1C(C)(C)C. The Bertz CT molecular complexity index is 902. The minimum atomic E-state index is -0.832. The second-order valence-electron chi connectivity index (χ2n) is 8.87. The first kappa shape index (κ1) is 22.4.